The SMILES string of the molecule is c1cc2c3cccc(c3c1)OCC[n+]1ccc(cc1)-c1cc[n+](cc1)CCOc1ccc(cc1)OCC[n+]1ccc(cc1)-c1cc[n+](cc1)CCO2. The number of pyridine rings is 4. The van der Waals surface area contributed by atoms with Crippen LogP contribution >= 0.6 is 0 Å². The van der Waals surface area contributed by atoms with Crippen LogP contribution in [-0.4, -0.2) is 26.4 Å². The van der Waals surface area contributed by atoms with Crippen molar-refractivity contribution in [1.29, 1.82) is 0 Å². The molecule has 0 aliphatic carbocycles. The number of fused-ring (bicyclic) bond motifs is 1. The van der Waals surface area contributed by atoms with Gasteiger partial charge >= 0.3 is 0 Å². The topological polar surface area (TPSA) is 52.4 Å². The first-order valence-electron chi connectivity index (χ1n) is 17.8. The molecule has 0 saturated heterocycles. The highest BCUT2D eigenvalue weighted by molar-refractivity contribution is 5.93. The molecule has 52 heavy (non-hydrogen) atoms. The van der Waals surface area contributed by atoms with Gasteiger partial charge in [-0.2, -0.15) is 0 Å². The maximum atomic E-state index is 6.31. The number of nitrogens with zero attached hydrogens (tertiary/aromatic N) is 4. The lowest BCUT2D eigenvalue weighted by atomic mass is 10.1. The monoisotopic (exact) mass is 690 g/mol. The molecule has 8 heteroatoms. The van der Waals surface area contributed by atoms with Crippen LogP contribution in [0.15, 0.2) is 159 Å². The Balaban J connectivity index is 0.978. The van der Waals surface area contributed by atoms with E-state index in [0.717, 1.165) is 59.9 Å². The molecule has 0 radical (unpaired) electrons. The lowest BCUT2D eigenvalue weighted by Gasteiger charge is -2.12. The summed E-state index contributed by atoms with van der Waals surface area (Å²) in [6.07, 6.45) is 16.8. The highest BCUT2D eigenvalue weighted by Gasteiger charge is 2.12. The smallest absolute Gasteiger partial charge is 0.182 e. The summed E-state index contributed by atoms with van der Waals surface area (Å²) in [4.78, 5) is 0. The number of hydrogen-bond donors (Lipinski definition) is 0. The van der Waals surface area contributed by atoms with Gasteiger partial charge in [-0.05, 0) is 58.7 Å². The van der Waals surface area contributed by atoms with Crippen LogP contribution in [0.5, 0.6) is 23.0 Å². The second-order valence-electron chi connectivity index (χ2n) is 12.8. The van der Waals surface area contributed by atoms with E-state index in [1.165, 1.54) is 22.3 Å². The van der Waals surface area contributed by atoms with Crippen molar-refractivity contribution in [2.45, 2.75) is 26.2 Å². The number of rotatable bonds is 0. The van der Waals surface area contributed by atoms with E-state index in [2.05, 4.69) is 129 Å². The Morgan fingerprint density at radius 2 is 0.596 bits per heavy atom. The van der Waals surface area contributed by atoms with Gasteiger partial charge in [-0.25, -0.2) is 18.3 Å². The lowest BCUT2D eigenvalue weighted by Crippen LogP contribution is -2.36. The molecule has 258 valence electrons. The molecule has 12 heterocycles. The van der Waals surface area contributed by atoms with Gasteiger partial charge in [0.15, 0.2) is 75.8 Å². The Labute approximate surface area is 303 Å². The normalized spacial score (nSPS) is 13.8. The maximum Gasteiger partial charge on any atom is 0.182 e. The summed E-state index contributed by atoms with van der Waals surface area (Å²) < 4.78 is 33.2. The van der Waals surface area contributed by atoms with Crippen LogP contribution in [0.3, 0.4) is 0 Å². The summed E-state index contributed by atoms with van der Waals surface area (Å²) >= 11 is 0. The van der Waals surface area contributed by atoms with E-state index in [9.17, 15) is 0 Å². The summed E-state index contributed by atoms with van der Waals surface area (Å²) in [5.41, 5.74) is 4.67. The minimum atomic E-state index is 0.551. The van der Waals surface area contributed by atoms with Gasteiger partial charge in [-0.1, -0.05) is 24.3 Å². The molecule has 0 saturated carbocycles. The average Bonchev–Trinajstić information content (AvgIpc) is 3.20. The molecule has 0 N–H and O–H groups in total. The van der Waals surface area contributed by atoms with Gasteiger partial charge in [0.25, 0.3) is 0 Å². The molecular formula is C44H42N4O4+4. The number of hydrogen-bond acceptors (Lipinski definition) is 4. The highest BCUT2D eigenvalue weighted by atomic mass is 16.5. The summed E-state index contributed by atoms with van der Waals surface area (Å²) in [5, 5.41) is 2.09. The fourth-order valence-electron chi connectivity index (χ4n) is 6.39. The van der Waals surface area contributed by atoms with Crippen LogP contribution in [0.2, 0.25) is 0 Å². The van der Waals surface area contributed by atoms with Crippen LogP contribution < -0.4 is 37.2 Å². The van der Waals surface area contributed by atoms with Gasteiger partial charge in [-0.3, -0.25) is 0 Å². The van der Waals surface area contributed by atoms with Crippen molar-refractivity contribution < 1.29 is 37.2 Å². The van der Waals surface area contributed by atoms with Crippen molar-refractivity contribution >= 4 is 10.8 Å². The largest absolute Gasteiger partial charge is 0.487 e. The first-order valence-corrected chi connectivity index (χ1v) is 17.8. The molecule has 8 aliphatic rings. The predicted octanol–water partition coefficient (Wildman–Crippen LogP) is 5.95. The Morgan fingerprint density at radius 3 is 0.904 bits per heavy atom. The second kappa shape index (κ2) is 15.7. The highest BCUT2D eigenvalue weighted by Crippen LogP contribution is 2.32. The number of ether oxygens (including phenoxy) is 4. The molecule has 15 rings (SSSR count). The molecule has 8 aliphatic heterocycles. The third kappa shape index (κ3) is 8.02. The Bertz CT molecular complexity index is 2060. The molecular weight excluding hydrogens is 649 g/mol. The van der Waals surface area contributed by atoms with Crippen molar-refractivity contribution in [3.05, 3.63) is 159 Å². The zero-order chi connectivity index (χ0) is 35.0. The van der Waals surface area contributed by atoms with Gasteiger partial charge < -0.3 is 18.9 Å². The van der Waals surface area contributed by atoms with Crippen LogP contribution in [0.25, 0.3) is 33.0 Å². The molecule has 0 atom stereocenters. The van der Waals surface area contributed by atoms with E-state index >= 15 is 0 Å². The van der Waals surface area contributed by atoms with Gasteiger partial charge in [0.2, 0.25) is 0 Å². The first-order chi connectivity index (χ1) is 25.7. The molecule has 14 bridgehead atoms. The van der Waals surface area contributed by atoms with E-state index < -0.39 is 0 Å². The molecule has 0 spiro atoms. The van der Waals surface area contributed by atoms with E-state index in [1.807, 2.05) is 48.5 Å². The third-order valence-corrected chi connectivity index (χ3v) is 9.35. The standard InChI is InChI=1S/C44H42N4O4/c1-3-41-42-4-2-6-44(41)52-34-30-48-25-17-38(18-26-48)36-13-21-46(22-14-36)28-32-50-40-9-7-39(8-10-40)49-31-27-45-19-11-35(12-20-45)37-15-23-47(24-16-37)29-33-51-43(42)5-1/h1-26H,27-34H2/q+4. The molecule has 0 unspecified atom stereocenters. The van der Waals surface area contributed by atoms with Crippen molar-refractivity contribution in [2.24, 2.45) is 0 Å². The van der Waals surface area contributed by atoms with E-state index in [1.54, 1.807) is 0 Å². The molecule has 3 aromatic carbocycles. The summed E-state index contributed by atoms with van der Waals surface area (Å²) in [7, 11) is 0. The molecule has 0 amide bonds. The van der Waals surface area contributed by atoms with Crippen molar-refractivity contribution in [3.8, 4) is 45.3 Å². The summed E-state index contributed by atoms with van der Waals surface area (Å²) in [5.74, 6) is 3.36. The van der Waals surface area contributed by atoms with E-state index in [0.29, 0.717) is 26.4 Å². The van der Waals surface area contributed by atoms with Crippen molar-refractivity contribution in [2.75, 3.05) is 26.4 Å². The minimum absolute atomic E-state index is 0.551. The molecule has 8 nitrogen and oxygen atoms in total. The fraction of sp³-hybridized carbons (Fsp3) is 0.182. The average molecular weight is 691 g/mol. The first kappa shape index (κ1) is 32.9. The van der Waals surface area contributed by atoms with E-state index in [-0.39, 0.29) is 0 Å². The number of aromatic nitrogens is 4. The van der Waals surface area contributed by atoms with Crippen LogP contribution in [0, 0.1) is 0 Å². The Morgan fingerprint density at radius 1 is 0.308 bits per heavy atom. The van der Waals surface area contributed by atoms with Crippen LogP contribution in [-0.2, 0) is 26.2 Å². The van der Waals surface area contributed by atoms with Crippen LogP contribution in [0.1, 0.15) is 0 Å². The fourth-order valence-corrected chi connectivity index (χ4v) is 6.39. The summed E-state index contributed by atoms with van der Waals surface area (Å²) in [6, 6.07) is 37.3. The predicted molar refractivity (Wildman–Crippen MR) is 197 cm³/mol. The van der Waals surface area contributed by atoms with Gasteiger partial charge in [-0.15, -0.1) is 0 Å². The maximum absolute atomic E-state index is 6.31. The van der Waals surface area contributed by atoms with Crippen LogP contribution in [0.4, 0.5) is 0 Å². The minimum Gasteiger partial charge on any atom is -0.487 e. The Hall–Kier alpha value is -6.28. The molecule has 0 fully saturated rings. The zero-order valence-corrected chi connectivity index (χ0v) is 29.1. The lowest BCUT2D eigenvalue weighted by molar-refractivity contribution is -0.697. The summed E-state index contributed by atoms with van der Waals surface area (Å²) in [6.45, 7) is 5.21. The second-order valence-corrected chi connectivity index (χ2v) is 12.8. The van der Waals surface area contributed by atoms with E-state index in [4.69, 9.17) is 18.9 Å². The molecule has 4 aromatic heterocycles. The van der Waals surface area contributed by atoms with Crippen molar-refractivity contribution in [3.63, 3.8) is 0 Å². The van der Waals surface area contributed by atoms with Gasteiger partial charge in [0.05, 0.1) is 0 Å². The Kier molecular flexibility index (Phi) is 9.95. The third-order valence-electron chi connectivity index (χ3n) is 9.35. The van der Waals surface area contributed by atoms with Gasteiger partial charge in [0.1, 0.15) is 49.4 Å². The zero-order valence-electron chi connectivity index (χ0n) is 29.1. The molecule has 7 aromatic rings. The van der Waals surface area contributed by atoms with Gasteiger partial charge in [0, 0.05) is 59.3 Å². The quantitative estimate of drug-likeness (QED) is 0.185. The number of benzene rings is 3. The van der Waals surface area contributed by atoms with Crippen molar-refractivity contribution in [1.82, 2.24) is 0 Å².